The number of hydrogen-bond donors (Lipinski definition) is 0. The Labute approximate surface area is 102 Å². The van der Waals surface area contributed by atoms with Crippen LogP contribution in [0.4, 0.5) is 0 Å². The van der Waals surface area contributed by atoms with Crippen LogP contribution < -0.4 is 0 Å². The van der Waals surface area contributed by atoms with Gasteiger partial charge in [-0.1, -0.05) is 24.4 Å². The fourth-order valence-electron chi connectivity index (χ4n) is 0.257. The minimum absolute atomic E-state index is 0. The van der Waals surface area contributed by atoms with Gasteiger partial charge in [0.1, 0.15) is 8.64 Å². The van der Waals surface area contributed by atoms with Gasteiger partial charge in [-0.2, -0.15) is 0 Å². The summed E-state index contributed by atoms with van der Waals surface area (Å²) in [6, 6.07) is 0. The summed E-state index contributed by atoms with van der Waals surface area (Å²) in [5.41, 5.74) is 0. The van der Waals surface area contributed by atoms with E-state index < -0.39 is 0 Å². The van der Waals surface area contributed by atoms with Crippen LogP contribution in [0.2, 0.25) is 0 Å². The molecule has 0 bridgehead atoms. The maximum Gasteiger partial charge on any atom is 0.142 e. The quantitative estimate of drug-likeness (QED) is 0.485. The third kappa shape index (κ3) is 6.29. The third-order valence-electron chi connectivity index (χ3n) is 0.905. The van der Waals surface area contributed by atoms with Gasteiger partial charge in [-0.15, -0.1) is 0 Å². The van der Waals surface area contributed by atoms with Crippen LogP contribution in [-0.2, 0) is 19.5 Å². The van der Waals surface area contributed by atoms with Gasteiger partial charge in [0.25, 0.3) is 0 Å². The first-order chi connectivity index (χ1) is 4.95. The maximum atomic E-state index is 5.05. The van der Waals surface area contributed by atoms with Gasteiger partial charge < -0.3 is 9.80 Å². The zero-order valence-corrected chi connectivity index (χ0v) is 13.2. The Bertz CT molecular complexity index is 152. The second-order valence-corrected chi connectivity index (χ2v) is 4.69. The maximum absolute atomic E-state index is 5.05. The van der Waals surface area contributed by atoms with Crippen LogP contribution in [0.1, 0.15) is 0 Å². The fourth-order valence-corrected chi connectivity index (χ4v) is 1.40. The summed E-state index contributed by atoms with van der Waals surface area (Å²) in [4.78, 5) is 3.74. The smallest absolute Gasteiger partial charge is 0.142 e. The molecule has 0 aliphatic heterocycles. The molecule has 0 aromatic rings. The summed E-state index contributed by atoms with van der Waals surface area (Å²) < 4.78 is 1.59. The first-order valence-electron chi connectivity index (χ1n) is 3.05. The molecule has 0 saturated carbocycles. The van der Waals surface area contributed by atoms with E-state index in [1.165, 1.54) is 11.8 Å². The molecule has 2 nitrogen and oxygen atoms in total. The summed E-state index contributed by atoms with van der Waals surface area (Å²) >= 11 is 11.5. The van der Waals surface area contributed by atoms with E-state index >= 15 is 0 Å². The largest absolute Gasteiger partial charge is 0.363 e. The first-order valence-corrected chi connectivity index (χ1v) is 4.69. The van der Waals surface area contributed by atoms with Crippen molar-refractivity contribution in [2.75, 3.05) is 28.2 Å². The van der Waals surface area contributed by atoms with Crippen molar-refractivity contribution in [2.24, 2.45) is 0 Å². The van der Waals surface area contributed by atoms with E-state index in [0.717, 1.165) is 8.64 Å². The first kappa shape index (κ1) is 15.2. The molecular formula is C6H12N2S3Zn. The molecule has 0 saturated heterocycles. The minimum atomic E-state index is 0. The zero-order chi connectivity index (χ0) is 9.02. The van der Waals surface area contributed by atoms with E-state index in [2.05, 4.69) is 0 Å². The second-order valence-electron chi connectivity index (χ2n) is 2.42. The summed E-state index contributed by atoms with van der Waals surface area (Å²) in [7, 11) is 7.64. The van der Waals surface area contributed by atoms with Crippen molar-refractivity contribution in [3.8, 4) is 0 Å². The molecule has 0 aromatic carbocycles. The van der Waals surface area contributed by atoms with Crippen LogP contribution in [0.3, 0.4) is 0 Å². The molecule has 0 fully saturated rings. The molecule has 0 rings (SSSR count). The molecule has 0 amide bonds. The molecule has 0 aromatic heterocycles. The molecule has 0 spiro atoms. The monoisotopic (exact) mass is 272 g/mol. The molecule has 0 heterocycles. The Morgan fingerprint density at radius 2 is 1.17 bits per heavy atom. The zero-order valence-electron chi connectivity index (χ0n) is 7.83. The van der Waals surface area contributed by atoms with E-state index in [9.17, 15) is 0 Å². The molecule has 0 aliphatic rings. The number of nitrogens with zero attached hydrogens (tertiary/aromatic N) is 2. The Morgan fingerprint density at radius 1 is 0.917 bits per heavy atom. The number of hydrogen-bond acceptors (Lipinski definition) is 3. The third-order valence-corrected chi connectivity index (χ3v) is 3.21. The van der Waals surface area contributed by atoms with Crippen LogP contribution in [0, 0.1) is 0 Å². The van der Waals surface area contributed by atoms with Gasteiger partial charge in [0.2, 0.25) is 0 Å². The summed E-state index contributed by atoms with van der Waals surface area (Å²) in [6.45, 7) is 0. The topological polar surface area (TPSA) is 6.48 Å². The predicted octanol–water partition coefficient (Wildman–Crippen LogP) is 1.41. The van der Waals surface area contributed by atoms with Gasteiger partial charge in [0.15, 0.2) is 0 Å². The molecule has 12 heavy (non-hydrogen) atoms. The molecule has 66 valence electrons. The average Bonchev–Trinajstić information content (AvgIpc) is 1.87. The number of rotatable bonds is 0. The van der Waals surface area contributed by atoms with Crippen molar-refractivity contribution in [1.82, 2.24) is 9.80 Å². The van der Waals surface area contributed by atoms with E-state index in [1.807, 2.05) is 38.0 Å². The van der Waals surface area contributed by atoms with Crippen molar-refractivity contribution in [3.63, 3.8) is 0 Å². The Kier molecular flexibility index (Phi) is 9.12. The molecule has 0 aliphatic carbocycles. The van der Waals surface area contributed by atoms with Crippen LogP contribution >= 0.6 is 36.2 Å². The van der Waals surface area contributed by atoms with E-state index in [4.69, 9.17) is 24.4 Å². The Morgan fingerprint density at radius 3 is 1.33 bits per heavy atom. The average molecular weight is 274 g/mol. The summed E-state index contributed by atoms with van der Waals surface area (Å²) in [5, 5.41) is 0. The van der Waals surface area contributed by atoms with Crippen molar-refractivity contribution < 1.29 is 19.5 Å². The second kappa shape index (κ2) is 7.19. The standard InChI is InChI=1S/C6H12N2S3.Zn/c1-7(2)5(9)11-6(10)8(3)4;/h1-4H3;. The summed E-state index contributed by atoms with van der Waals surface area (Å²) in [5.74, 6) is 0. The van der Waals surface area contributed by atoms with Gasteiger partial charge in [0, 0.05) is 47.7 Å². The Balaban J connectivity index is 0. The van der Waals surface area contributed by atoms with Crippen LogP contribution in [-0.4, -0.2) is 46.6 Å². The van der Waals surface area contributed by atoms with Crippen LogP contribution in [0.15, 0.2) is 0 Å². The van der Waals surface area contributed by atoms with Crippen molar-refractivity contribution in [1.29, 1.82) is 0 Å². The molecule has 0 N–H and O–H groups in total. The van der Waals surface area contributed by atoms with Crippen molar-refractivity contribution >= 4 is 44.8 Å². The van der Waals surface area contributed by atoms with Crippen molar-refractivity contribution in [2.45, 2.75) is 0 Å². The van der Waals surface area contributed by atoms with E-state index in [-0.39, 0.29) is 19.5 Å². The van der Waals surface area contributed by atoms with Gasteiger partial charge in [0.05, 0.1) is 0 Å². The minimum Gasteiger partial charge on any atom is -0.363 e. The van der Waals surface area contributed by atoms with Gasteiger partial charge in [-0.05, 0) is 11.8 Å². The molecule has 0 atom stereocenters. The van der Waals surface area contributed by atoms with Gasteiger partial charge in [-0.3, -0.25) is 0 Å². The van der Waals surface area contributed by atoms with Gasteiger partial charge >= 0.3 is 0 Å². The number of thioether (sulfide) groups is 1. The molecular weight excluding hydrogens is 262 g/mol. The van der Waals surface area contributed by atoms with Gasteiger partial charge in [-0.25, -0.2) is 0 Å². The molecule has 6 heteroatoms. The van der Waals surface area contributed by atoms with E-state index in [1.54, 1.807) is 0 Å². The molecule has 0 radical (unpaired) electrons. The van der Waals surface area contributed by atoms with E-state index in [0.29, 0.717) is 0 Å². The Hall–Kier alpha value is 0.753. The molecule has 0 unspecified atom stereocenters. The SMILES string of the molecule is CN(C)C(=S)SC(=S)N(C)C.[Zn]. The summed E-state index contributed by atoms with van der Waals surface area (Å²) in [6.07, 6.45) is 0. The fraction of sp³-hybridized carbons (Fsp3) is 0.667. The predicted molar refractivity (Wildman–Crippen MR) is 60.2 cm³/mol. The van der Waals surface area contributed by atoms with Crippen LogP contribution in [0.5, 0.6) is 0 Å². The van der Waals surface area contributed by atoms with Crippen LogP contribution in [0.25, 0.3) is 0 Å². The normalized spacial score (nSPS) is 8.33. The number of thiocarbonyl (C=S) groups is 2. The van der Waals surface area contributed by atoms with Crippen molar-refractivity contribution in [3.05, 3.63) is 0 Å².